The van der Waals surface area contributed by atoms with E-state index in [1.807, 2.05) is 17.4 Å². The molecule has 2 heteroatoms. The maximum absolute atomic E-state index is 3.64. The van der Waals surface area contributed by atoms with Crippen molar-refractivity contribution in [3.05, 3.63) is 71.2 Å². The Morgan fingerprint density at radius 2 is 1.45 bits per heavy atom. The van der Waals surface area contributed by atoms with Crippen LogP contribution in [0, 0.1) is 0 Å². The summed E-state index contributed by atoms with van der Waals surface area (Å²) in [5.74, 6) is 0. The van der Waals surface area contributed by atoms with Gasteiger partial charge < -0.3 is 0 Å². The van der Waals surface area contributed by atoms with Crippen LogP contribution in [0.25, 0.3) is 31.3 Å². The molecule has 0 aliphatic carbocycles. The molecule has 4 rings (SSSR count). The molecule has 0 N–H and O–H groups in total. The molecule has 0 fully saturated rings. The van der Waals surface area contributed by atoms with Crippen molar-refractivity contribution in [3.63, 3.8) is 0 Å². The summed E-state index contributed by atoms with van der Waals surface area (Å²) in [7, 11) is 0. The van der Waals surface area contributed by atoms with Gasteiger partial charge in [-0.2, -0.15) is 0 Å². The predicted molar refractivity (Wildman–Crippen MR) is 92.5 cm³/mol. The molecule has 0 bridgehead atoms. The zero-order valence-electron chi connectivity index (χ0n) is 10.6. The molecule has 1 aromatic heterocycles. The zero-order valence-corrected chi connectivity index (χ0v) is 13.0. The molecule has 1 heterocycles. The number of hydrogen-bond acceptors (Lipinski definition) is 1. The number of fused-ring (bicyclic) bond motifs is 3. The van der Waals surface area contributed by atoms with Crippen molar-refractivity contribution in [1.29, 1.82) is 0 Å². The molecule has 0 aliphatic rings. The average Bonchev–Trinajstić information content (AvgIpc) is 2.85. The minimum absolute atomic E-state index is 1.14. The van der Waals surface area contributed by atoms with Crippen LogP contribution in [0.1, 0.15) is 0 Å². The van der Waals surface area contributed by atoms with Crippen LogP contribution in [0.5, 0.6) is 0 Å². The highest BCUT2D eigenvalue weighted by molar-refractivity contribution is 9.10. The highest BCUT2D eigenvalue weighted by Crippen LogP contribution is 2.37. The molecule has 0 spiro atoms. The van der Waals surface area contributed by atoms with Crippen LogP contribution in [0.2, 0.25) is 0 Å². The Labute approximate surface area is 129 Å². The lowest BCUT2D eigenvalue weighted by atomic mass is 10.0. The smallest absolute Gasteiger partial charge is 0.0361 e. The Hall–Kier alpha value is -1.64. The first kappa shape index (κ1) is 12.1. The molecule has 0 saturated carbocycles. The normalized spacial score (nSPS) is 11.2. The summed E-state index contributed by atoms with van der Waals surface area (Å²) in [6.07, 6.45) is 0. The third-order valence-electron chi connectivity index (χ3n) is 3.56. The van der Waals surface area contributed by atoms with Gasteiger partial charge in [0.1, 0.15) is 0 Å². The Balaban J connectivity index is 2.00. The lowest BCUT2D eigenvalue weighted by Crippen LogP contribution is -1.78. The summed E-state index contributed by atoms with van der Waals surface area (Å²) in [4.78, 5) is 0. The fraction of sp³-hybridized carbons (Fsp3) is 0. The molecule has 0 aliphatic heterocycles. The average molecular weight is 339 g/mol. The first-order valence-corrected chi connectivity index (χ1v) is 8.10. The molecule has 3 aromatic carbocycles. The van der Waals surface area contributed by atoms with Gasteiger partial charge in [-0.05, 0) is 29.3 Å². The molecule has 0 atom stereocenters. The maximum Gasteiger partial charge on any atom is 0.0361 e. The van der Waals surface area contributed by atoms with E-state index in [1.54, 1.807) is 0 Å². The van der Waals surface area contributed by atoms with Crippen LogP contribution >= 0.6 is 27.3 Å². The second kappa shape index (κ2) is 4.72. The molecule has 0 nitrogen and oxygen atoms in total. The number of rotatable bonds is 1. The van der Waals surface area contributed by atoms with Gasteiger partial charge in [-0.1, -0.05) is 64.5 Å². The van der Waals surface area contributed by atoms with Crippen LogP contribution in [-0.2, 0) is 0 Å². The Morgan fingerprint density at radius 3 is 2.35 bits per heavy atom. The molecule has 0 amide bonds. The summed E-state index contributed by atoms with van der Waals surface area (Å²) >= 11 is 5.50. The van der Waals surface area contributed by atoms with E-state index in [4.69, 9.17) is 0 Å². The second-order valence-electron chi connectivity index (χ2n) is 4.79. The van der Waals surface area contributed by atoms with Crippen molar-refractivity contribution >= 4 is 47.4 Å². The van der Waals surface area contributed by atoms with Crippen LogP contribution in [0.3, 0.4) is 0 Å². The lowest BCUT2D eigenvalue weighted by molar-refractivity contribution is 1.61. The van der Waals surface area contributed by atoms with Gasteiger partial charge in [0.05, 0.1) is 0 Å². The third-order valence-corrected chi connectivity index (χ3v) is 5.39. The Morgan fingerprint density at radius 1 is 0.700 bits per heavy atom. The van der Waals surface area contributed by atoms with Crippen LogP contribution < -0.4 is 0 Å². The fourth-order valence-electron chi connectivity index (χ4n) is 2.59. The number of halogens is 1. The third kappa shape index (κ3) is 1.88. The summed E-state index contributed by atoms with van der Waals surface area (Å²) < 4.78 is 3.84. The number of benzene rings is 3. The minimum atomic E-state index is 1.14. The standard InChI is InChI=1S/C18H11BrS/c19-16-7-3-1-5-13(16)12-9-10-15-14-6-2-4-8-17(14)20-18(15)11-12/h1-11H. The maximum atomic E-state index is 3.64. The molecular weight excluding hydrogens is 328 g/mol. The van der Waals surface area contributed by atoms with Gasteiger partial charge in [-0.25, -0.2) is 0 Å². The van der Waals surface area contributed by atoms with E-state index in [2.05, 4.69) is 76.6 Å². The molecule has 20 heavy (non-hydrogen) atoms. The topological polar surface area (TPSA) is 0 Å². The van der Waals surface area contributed by atoms with Crippen molar-refractivity contribution in [2.75, 3.05) is 0 Å². The predicted octanol–water partition coefficient (Wildman–Crippen LogP) is 6.48. The van der Waals surface area contributed by atoms with Crippen molar-refractivity contribution in [1.82, 2.24) is 0 Å². The van der Waals surface area contributed by atoms with Crippen LogP contribution in [-0.4, -0.2) is 0 Å². The molecule has 0 radical (unpaired) electrons. The lowest BCUT2D eigenvalue weighted by Gasteiger charge is -2.04. The van der Waals surface area contributed by atoms with E-state index in [1.165, 1.54) is 31.3 Å². The van der Waals surface area contributed by atoms with Gasteiger partial charge in [0.15, 0.2) is 0 Å². The van der Waals surface area contributed by atoms with Crippen LogP contribution in [0.15, 0.2) is 71.2 Å². The summed E-state index contributed by atoms with van der Waals surface area (Å²) in [6.45, 7) is 0. The van der Waals surface area contributed by atoms with Gasteiger partial charge in [0, 0.05) is 24.6 Å². The first-order chi connectivity index (χ1) is 9.83. The highest BCUT2D eigenvalue weighted by atomic mass is 79.9. The molecule has 0 unspecified atom stereocenters. The van der Waals surface area contributed by atoms with Crippen LogP contribution in [0.4, 0.5) is 0 Å². The molecule has 4 aromatic rings. The van der Waals surface area contributed by atoms with Crippen molar-refractivity contribution in [2.24, 2.45) is 0 Å². The largest absolute Gasteiger partial charge is 0.135 e. The highest BCUT2D eigenvalue weighted by Gasteiger charge is 2.07. The van der Waals surface area contributed by atoms with Crippen molar-refractivity contribution < 1.29 is 0 Å². The number of thiophene rings is 1. The van der Waals surface area contributed by atoms with E-state index < -0.39 is 0 Å². The van der Waals surface area contributed by atoms with Gasteiger partial charge in [-0.15, -0.1) is 11.3 Å². The second-order valence-corrected chi connectivity index (χ2v) is 6.73. The zero-order chi connectivity index (χ0) is 13.5. The molecule has 0 saturated heterocycles. The van der Waals surface area contributed by atoms with Gasteiger partial charge in [-0.3, -0.25) is 0 Å². The monoisotopic (exact) mass is 338 g/mol. The van der Waals surface area contributed by atoms with E-state index in [0.29, 0.717) is 0 Å². The van der Waals surface area contributed by atoms with Crippen molar-refractivity contribution in [2.45, 2.75) is 0 Å². The van der Waals surface area contributed by atoms with Crippen molar-refractivity contribution in [3.8, 4) is 11.1 Å². The van der Waals surface area contributed by atoms with Gasteiger partial charge in [0.25, 0.3) is 0 Å². The fourth-order valence-corrected chi connectivity index (χ4v) is 4.25. The minimum Gasteiger partial charge on any atom is -0.135 e. The first-order valence-electron chi connectivity index (χ1n) is 6.49. The number of hydrogen-bond donors (Lipinski definition) is 0. The van der Waals surface area contributed by atoms with E-state index >= 15 is 0 Å². The van der Waals surface area contributed by atoms with Gasteiger partial charge >= 0.3 is 0 Å². The quantitative estimate of drug-likeness (QED) is 0.372. The SMILES string of the molecule is Brc1ccccc1-c1ccc2c(c1)sc1ccccc12. The van der Waals surface area contributed by atoms with E-state index in [-0.39, 0.29) is 0 Å². The summed E-state index contributed by atoms with van der Waals surface area (Å²) in [5, 5.41) is 2.70. The summed E-state index contributed by atoms with van der Waals surface area (Å²) in [6, 6.07) is 23.7. The Bertz CT molecular complexity index is 921. The Kier molecular flexibility index (Phi) is 2.86. The molecule has 96 valence electrons. The van der Waals surface area contributed by atoms with Gasteiger partial charge in [0.2, 0.25) is 0 Å². The van der Waals surface area contributed by atoms with E-state index in [0.717, 1.165) is 4.47 Å². The van der Waals surface area contributed by atoms with E-state index in [9.17, 15) is 0 Å². The summed E-state index contributed by atoms with van der Waals surface area (Å²) in [5.41, 5.74) is 2.50. The molecular formula is C18H11BrS.